The van der Waals surface area contributed by atoms with Gasteiger partial charge in [0.1, 0.15) is 23.5 Å². The third-order valence-electron chi connectivity index (χ3n) is 5.77. The Morgan fingerprint density at radius 2 is 1.94 bits per heavy atom. The minimum atomic E-state index is -0.381. The zero-order chi connectivity index (χ0) is 24.8. The number of benzene rings is 3. The average molecular weight is 497 g/mol. The first kappa shape index (κ1) is 25.0. The lowest BCUT2D eigenvalue weighted by Crippen LogP contribution is -2.38. The van der Waals surface area contributed by atoms with Crippen molar-refractivity contribution in [3.63, 3.8) is 0 Å². The van der Waals surface area contributed by atoms with E-state index in [2.05, 4.69) is 35.8 Å². The summed E-state index contributed by atoms with van der Waals surface area (Å²) in [6, 6.07) is 18.4. The standard InChI is InChI=1S/C27H29FN2O4S/c1-4-33-24-14-21(28)9-7-20(24)16-30-23-12-8-19(13-25(23)34-17-26(30)31)27(32-2)29-15-18-5-10-22(35-3)11-6-18/h5-14,27,29H,4,15-17H2,1-3H3. The van der Waals surface area contributed by atoms with Crippen LogP contribution in [0.1, 0.15) is 29.8 Å². The van der Waals surface area contributed by atoms with Gasteiger partial charge in [-0.05, 0) is 54.6 Å². The number of nitrogens with one attached hydrogen (secondary N) is 1. The normalized spacial score (nSPS) is 13.8. The van der Waals surface area contributed by atoms with Crippen LogP contribution in [-0.2, 0) is 22.6 Å². The molecule has 1 atom stereocenters. The molecule has 1 amide bonds. The molecule has 184 valence electrons. The van der Waals surface area contributed by atoms with Gasteiger partial charge in [0.15, 0.2) is 6.61 Å². The zero-order valence-electron chi connectivity index (χ0n) is 20.0. The maximum atomic E-state index is 13.7. The molecule has 1 unspecified atom stereocenters. The number of carbonyl (C=O) groups is 1. The lowest BCUT2D eigenvalue weighted by atomic mass is 10.1. The first-order valence-corrected chi connectivity index (χ1v) is 12.6. The van der Waals surface area contributed by atoms with Gasteiger partial charge in [-0.1, -0.05) is 24.3 Å². The molecule has 35 heavy (non-hydrogen) atoms. The topological polar surface area (TPSA) is 60.0 Å². The summed E-state index contributed by atoms with van der Waals surface area (Å²) in [5.41, 5.74) is 3.42. The Morgan fingerprint density at radius 1 is 1.14 bits per heavy atom. The zero-order valence-corrected chi connectivity index (χ0v) is 20.9. The summed E-state index contributed by atoms with van der Waals surface area (Å²) < 4.78 is 30.8. The van der Waals surface area contributed by atoms with E-state index in [0.717, 1.165) is 16.7 Å². The number of anilines is 1. The van der Waals surface area contributed by atoms with Crippen molar-refractivity contribution in [2.45, 2.75) is 31.1 Å². The number of thioether (sulfide) groups is 1. The minimum Gasteiger partial charge on any atom is -0.493 e. The third-order valence-corrected chi connectivity index (χ3v) is 6.52. The fourth-order valence-corrected chi connectivity index (χ4v) is 4.38. The van der Waals surface area contributed by atoms with Gasteiger partial charge < -0.3 is 19.1 Å². The molecule has 0 saturated carbocycles. The molecule has 0 spiro atoms. The summed E-state index contributed by atoms with van der Waals surface area (Å²) in [7, 11) is 1.65. The third kappa shape index (κ3) is 5.96. The first-order valence-electron chi connectivity index (χ1n) is 11.4. The molecule has 0 saturated heterocycles. The molecular weight excluding hydrogens is 467 g/mol. The van der Waals surface area contributed by atoms with E-state index in [4.69, 9.17) is 14.2 Å². The Bertz CT molecular complexity index is 1170. The summed E-state index contributed by atoms with van der Waals surface area (Å²) >= 11 is 1.71. The van der Waals surface area contributed by atoms with Crippen LogP contribution < -0.4 is 19.7 Å². The molecular formula is C27H29FN2O4S. The maximum Gasteiger partial charge on any atom is 0.265 e. The van der Waals surface area contributed by atoms with Gasteiger partial charge in [-0.15, -0.1) is 11.8 Å². The van der Waals surface area contributed by atoms with Crippen molar-refractivity contribution in [2.75, 3.05) is 31.5 Å². The molecule has 1 N–H and O–H groups in total. The Hall–Kier alpha value is -3.07. The predicted molar refractivity (Wildman–Crippen MR) is 136 cm³/mol. The van der Waals surface area contributed by atoms with Crippen LogP contribution >= 0.6 is 11.8 Å². The van der Waals surface area contributed by atoms with Crippen molar-refractivity contribution in [3.8, 4) is 11.5 Å². The van der Waals surface area contributed by atoms with E-state index in [-0.39, 0.29) is 31.1 Å². The van der Waals surface area contributed by atoms with Crippen molar-refractivity contribution < 1.29 is 23.4 Å². The van der Waals surface area contributed by atoms with Gasteiger partial charge in [-0.3, -0.25) is 10.1 Å². The largest absolute Gasteiger partial charge is 0.493 e. The highest BCUT2D eigenvalue weighted by atomic mass is 32.2. The number of halogens is 1. The Morgan fingerprint density at radius 3 is 2.66 bits per heavy atom. The number of hydrogen-bond donors (Lipinski definition) is 1. The van der Waals surface area contributed by atoms with E-state index in [9.17, 15) is 9.18 Å². The summed E-state index contributed by atoms with van der Waals surface area (Å²) in [5.74, 6) is 0.468. The smallest absolute Gasteiger partial charge is 0.265 e. The van der Waals surface area contributed by atoms with Crippen LogP contribution in [0.5, 0.6) is 11.5 Å². The van der Waals surface area contributed by atoms with Crippen LogP contribution in [0.4, 0.5) is 10.1 Å². The summed E-state index contributed by atoms with van der Waals surface area (Å²) in [6.45, 7) is 3.06. The number of methoxy groups -OCH3 is 1. The lowest BCUT2D eigenvalue weighted by molar-refractivity contribution is -0.121. The van der Waals surface area contributed by atoms with Gasteiger partial charge in [0.2, 0.25) is 0 Å². The number of amides is 1. The van der Waals surface area contributed by atoms with Crippen molar-refractivity contribution in [1.29, 1.82) is 0 Å². The lowest BCUT2D eigenvalue weighted by Gasteiger charge is -2.31. The van der Waals surface area contributed by atoms with Gasteiger partial charge in [-0.25, -0.2) is 4.39 Å². The van der Waals surface area contributed by atoms with E-state index < -0.39 is 0 Å². The van der Waals surface area contributed by atoms with Crippen LogP contribution in [-0.4, -0.2) is 32.5 Å². The monoisotopic (exact) mass is 496 g/mol. The molecule has 1 aliphatic heterocycles. The van der Waals surface area contributed by atoms with Crippen LogP contribution in [0.3, 0.4) is 0 Å². The fourth-order valence-electron chi connectivity index (χ4n) is 3.97. The van der Waals surface area contributed by atoms with Crippen LogP contribution in [0.2, 0.25) is 0 Å². The maximum absolute atomic E-state index is 13.7. The van der Waals surface area contributed by atoms with Gasteiger partial charge in [-0.2, -0.15) is 0 Å². The quantitative estimate of drug-likeness (QED) is 0.303. The number of hydrogen-bond acceptors (Lipinski definition) is 6. The molecule has 6 nitrogen and oxygen atoms in total. The summed E-state index contributed by atoms with van der Waals surface area (Å²) in [4.78, 5) is 15.6. The van der Waals surface area contributed by atoms with Crippen molar-refractivity contribution in [1.82, 2.24) is 5.32 Å². The molecule has 0 aliphatic carbocycles. The molecule has 0 radical (unpaired) electrons. The van der Waals surface area contributed by atoms with E-state index in [0.29, 0.717) is 30.3 Å². The second-order valence-electron chi connectivity index (χ2n) is 8.03. The number of ether oxygens (including phenoxy) is 3. The second-order valence-corrected chi connectivity index (χ2v) is 8.91. The van der Waals surface area contributed by atoms with Crippen molar-refractivity contribution >= 4 is 23.4 Å². The highest BCUT2D eigenvalue weighted by Crippen LogP contribution is 2.36. The van der Waals surface area contributed by atoms with Gasteiger partial charge in [0.05, 0.1) is 18.8 Å². The summed E-state index contributed by atoms with van der Waals surface area (Å²) in [5, 5.41) is 3.42. The Balaban J connectivity index is 1.52. The second kappa shape index (κ2) is 11.6. The average Bonchev–Trinajstić information content (AvgIpc) is 2.88. The van der Waals surface area contributed by atoms with E-state index in [1.54, 1.807) is 29.8 Å². The Kier molecular flexibility index (Phi) is 8.28. The molecule has 4 rings (SSSR count). The predicted octanol–water partition coefficient (Wildman–Crippen LogP) is 5.31. The number of carbonyl (C=O) groups excluding carboxylic acids is 1. The molecule has 0 aromatic heterocycles. The Labute approximate surface area is 209 Å². The SMILES string of the molecule is CCOc1cc(F)ccc1CN1C(=O)COc2cc(C(NCc3ccc(SC)cc3)OC)ccc21. The van der Waals surface area contributed by atoms with Crippen LogP contribution in [0.25, 0.3) is 0 Å². The highest BCUT2D eigenvalue weighted by molar-refractivity contribution is 7.98. The highest BCUT2D eigenvalue weighted by Gasteiger charge is 2.27. The molecule has 8 heteroatoms. The van der Waals surface area contributed by atoms with Crippen molar-refractivity contribution in [2.24, 2.45) is 0 Å². The molecule has 0 bridgehead atoms. The van der Waals surface area contributed by atoms with Gasteiger partial charge in [0.25, 0.3) is 5.91 Å². The molecule has 3 aromatic carbocycles. The number of nitrogens with zero attached hydrogens (tertiary/aromatic N) is 1. The van der Waals surface area contributed by atoms with Crippen LogP contribution in [0.15, 0.2) is 65.6 Å². The van der Waals surface area contributed by atoms with E-state index in [1.807, 2.05) is 25.1 Å². The molecule has 3 aromatic rings. The minimum absolute atomic E-state index is 0.0749. The summed E-state index contributed by atoms with van der Waals surface area (Å²) in [6.07, 6.45) is 1.70. The van der Waals surface area contributed by atoms with Crippen LogP contribution in [0, 0.1) is 5.82 Å². The molecule has 1 heterocycles. The molecule has 0 fully saturated rings. The fraction of sp³-hybridized carbons (Fsp3) is 0.296. The van der Waals surface area contributed by atoms with Gasteiger partial charge >= 0.3 is 0 Å². The van der Waals surface area contributed by atoms with Gasteiger partial charge in [0, 0.05) is 30.2 Å². The van der Waals surface area contributed by atoms with E-state index in [1.165, 1.54) is 17.0 Å². The first-order chi connectivity index (χ1) is 17.0. The van der Waals surface area contributed by atoms with Crippen molar-refractivity contribution in [3.05, 3.63) is 83.2 Å². The number of rotatable bonds is 10. The molecule has 1 aliphatic rings. The van der Waals surface area contributed by atoms with E-state index >= 15 is 0 Å². The number of fused-ring (bicyclic) bond motifs is 1.